The maximum Gasteiger partial charge on any atom is 1.00 e. The molecule has 0 bridgehead atoms. The molecule has 2 atom stereocenters. The minimum atomic E-state index is -1.16. The van der Waals surface area contributed by atoms with Gasteiger partial charge in [0.25, 0.3) is 5.91 Å². The van der Waals surface area contributed by atoms with Gasteiger partial charge in [-0.2, -0.15) is 0 Å². The monoisotopic (exact) mass is 551 g/mol. The van der Waals surface area contributed by atoms with E-state index in [1.54, 1.807) is 30.3 Å². The Morgan fingerprint density at radius 3 is 2.53 bits per heavy atom. The first kappa shape index (κ1) is 26.6. The van der Waals surface area contributed by atoms with Crippen molar-refractivity contribution >= 4 is 39.4 Å². The molecule has 3 aromatic rings. The Labute approximate surface area is 233 Å². The molecule has 3 aromatic carbocycles. The van der Waals surface area contributed by atoms with E-state index in [4.69, 9.17) is 21.1 Å². The normalized spacial score (nSPS) is 15.2. The number of nitrogens with one attached hydrogen (secondary N) is 1. The van der Waals surface area contributed by atoms with E-state index in [2.05, 4.69) is 21.2 Å². The number of ether oxygens (including phenoxy) is 2. The first-order valence-corrected chi connectivity index (χ1v) is 11.6. The molecule has 6 nitrogen and oxygen atoms in total. The molecule has 1 aliphatic rings. The van der Waals surface area contributed by atoms with Crippen molar-refractivity contribution in [3.63, 3.8) is 0 Å². The number of benzene rings is 3. The third-order valence-electron chi connectivity index (χ3n) is 5.28. The molecule has 1 aliphatic heterocycles. The van der Waals surface area contributed by atoms with E-state index >= 15 is 0 Å². The van der Waals surface area contributed by atoms with Crippen LogP contribution in [0.5, 0.6) is 17.2 Å². The number of alkyl halides is 1. The molecule has 0 saturated carbocycles. The summed E-state index contributed by atoms with van der Waals surface area (Å²) >= 11 is 9.82. The number of carboxylic acid groups (broad SMARTS) is 1. The Bertz CT molecular complexity index is 1160. The maximum atomic E-state index is 12.5. The molecule has 0 saturated heterocycles. The number of fused-ring (bicyclic) bond motifs is 1. The summed E-state index contributed by atoms with van der Waals surface area (Å²) in [6, 6.07) is 19.6. The summed E-state index contributed by atoms with van der Waals surface area (Å²) in [5.41, 5.74) is 2.07. The largest absolute Gasteiger partial charge is 1.00 e. The van der Waals surface area contributed by atoms with Crippen LogP contribution in [0.3, 0.4) is 0 Å². The molecule has 1 heterocycles. The summed E-state index contributed by atoms with van der Waals surface area (Å²) in [4.78, 5) is 23.7. The summed E-state index contributed by atoms with van der Waals surface area (Å²) in [6.45, 7) is 0.273. The number of amides is 1. The standard InChI is InChI=1S/C25H21BrClNO5.Na/c26-23(12-15-4-2-1-3-5-15)28-24(29)16-6-8-17(9-7-16)33-22-14-21-19(13-20(22)27)18(25(30)31)10-11-32-21;/h1-9,13-14,18,23H,10-12H2,(H,28,29)(H,30,31);/q;+1/p-1. The van der Waals surface area contributed by atoms with Gasteiger partial charge in [0.1, 0.15) is 17.2 Å². The van der Waals surface area contributed by atoms with Crippen LogP contribution in [0.25, 0.3) is 0 Å². The van der Waals surface area contributed by atoms with Crippen LogP contribution in [0.2, 0.25) is 5.02 Å². The van der Waals surface area contributed by atoms with Crippen LogP contribution in [0.1, 0.15) is 33.8 Å². The molecule has 9 heteroatoms. The van der Waals surface area contributed by atoms with Crippen molar-refractivity contribution in [1.29, 1.82) is 0 Å². The molecule has 1 amide bonds. The van der Waals surface area contributed by atoms with Crippen molar-refractivity contribution in [3.8, 4) is 17.2 Å². The van der Waals surface area contributed by atoms with Gasteiger partial charge in [-0.15, -0.1) is 0 Å². The summed E-state index contributed by atoms with van der Waals surface area (Å²) in [5.74, 6) is -0.929. The number of carboxylic acids is 1. The van der Waals surface area contributed by atoms with Crippen LogP contribution in [-0.2, 0) is 11.2 Å². The molecule has 34 heavy (non-hydrogen) atoms. The Hall–Kier alpha value is -2.03. The van der Waals surface area contributed by atoms with Crippen LogP contribution in [0.4, 0.5) is 0 Å². The maximum absolute atomic E-state index is 12.5. The Balaban J connectivity index is 0.00000324. The van der Waals surface area contributed by atoms with E-state index in [9.17, 15) is 14.7 Å². The van der Waals surface area contributed by atoms with Gasteiger partial charge in [-0.05, 0) is 42.3 Å². The van der Waals surface area contributed by atoms with Crippen molar-refractivity contribution in [3.05, 3.63) is 88.4 Å². The van der Waals surface area contributed by atoms with E-state index in [-0.39, 0.29) is 52.0 Å². The van der Waals surface area contributed by atoms with Gasteiger partial charge in [-0.25, -0.2) is 0 Å². The Kier molecular flexibility index (Phi) is 9.45. The fourth-order valence-corrected chi connectivity index (χ4v) is 4.40. The van der Waals surface area contributed by atoms with E-state index in [0.717, 1.165) is 5.56 Å². The van der Waals surface area contributed by atoms with Crippen LogP contribution in [0.15, 0.2) is 66.7 Å². The van der Waals surface area contributed by atoms with Crippen molar-refractivity contribution < 1.29 is 53.7 Å². The van der Waals surface area contributed by atoms with E-state index < -0.39 is 11.9 Å². The number of hydrogen-bond acceptors (Lipinski definition) is 5. The zero-order chi connectivity index (χ0) is 23.4. The van der Waals surface area contributed by atoms with Gasteiger partial charge in [-0.1, -0.05) is 57.9 Å². The minimum Gasteiger partial charge on any atom is -0.549 e. The van der Waals surface area contributed by atoms with Gasteiger partial charge in [-0.3, -0.25) is 4.79 Å². The SMILES string of the molecule is O=C(NC(Br)Cc1ccccc1)c1ccc(Oc2cc3c(cc2Cl)C(C(=O)[O-])CCO3)cc1.[Na+]. The van der Waals surface area contributed by atoms with Crippen LogP contribution in [-0.4, -0.2) is 23.4 Å². The molecular formula is C25H20BrClNNaO5. The number of carbonyl (C=O) groups excluding carboxylic acids is 2. The van der Waals surface area contributed by atoms with Gasteiger partial charge < -0.3 is 24.7 Å². The summed E-state index contributed by atoms with van der Waals surface area (Å²) < 4.78 is 11.4. The molecule has 170 valence electrons. The van der Waals surface area contributed by atoms with Gasteiger partial charge in [0, 0.05) is 35.5 Å². The van der Waals surface area contributed by atoms with E-state index in [1.165, 1.54) is 6.07 Å². The average Bonchev–Trinajstić information content (AvgIpc) is 2.80. The van der Waals surface area contributed by atoms with Crippen molar-refractivity contribution in [1.82, 2.24) is 5.32 Å². The number of hydrogen-bond donors (Lipinski definition) is 1. The van der Waals surface area contributed by atoms with Crippen molar-refractivity contribution in [2.75, 3.05) is 6.61 Å². The Morgan fingerprint density at radius 1 is 1.15 bits per heavy atom. The zero-order valence-corrected chi connectivity index (χ0v) is 22.8. The van der Waals surface area contributed by atoms with Crippen molar-refractivity contribution in [2.24, 2.45) is 0 Å². The molecular weight excluding hydrogens is 533 g/mol. The van der Waals surface area contributed by atoms with Crippen molar-refractivity contribution in [2.45, 2.75) is 23.7 Å². The van der Waals surface area contributed by atoms with Gasteiger partial charge in [0.15, 0.2) is 0 Å². The second-order valence-electron chi connectivity index (χ2n) is 7.59. The predicted octanol–water partition coefficient (Wildman–Crippen LogP) is 1.45. The average molecular weight is 553 g/mol. The molecule has 0 spiro atoms. The summed E-state index contributed by atoms with van der Waals surface area (Å²) in [6.07, 6.45) is 0.988. The Morgan fingerprint density at radius 2 is 1.85 bits per heavy atom. The third kappa shape index (κ3) is 6.55. The molecule has 0 fully saturated rings. The smallest absolute Gasteiger partial charge is 0.549 e. The predicted molar refractivity (Wildman–Crippen MR) is 126 cm³/mol. The molecule has 2 unspecified atom stereocenters. The van der Waals surface area contributed by atoms with Crippen LogP contribution >= 0.6 is 27.5 Å². The molecule has 4 rings (SSSR count). The second-order valence-corrected chi connectivity index (χ2v) is 9.10. The molecule has 0 aromatic heterocycles. The second kappa shape index (κ2) is 12.1. The number of halogens is 2. The molecule has 1 N–H and O–H groups in total. The summed E-state index contributed by atoms with van der Waals surface area (Å²) in [5, 5.41) is 14.5. The van der Waals surface area contributed by atoms with E-state index in [0.29, 0.717) is 41.2 Å². The zero-order valence-electron chi connectivity index (χ0n) is 18.4. The first-order valence-electron chi connectivity index (χ1n) is 10.3. The third-order valence-corrected chi connectivity index (χ3v) is 6.13. The molecule has 0 aliphatic carbocycles. The summed E-state index contributed by atoms with van der Waals surface area (Å²) in [7, 11) is 0. The van der Waals surface area contributed by atoms with Gasteiger partial charge >= 0.3 is 29.6 Å². The molecule has 0 radical (unpaired) electrons. The van der Waals surface area contributed by atoms with Gasteiger partial charge in [0.05, 0.1) is 16.6 Å². The fraction of sp³-hybridized carbons (Fsp3) is 0.200. The van der Waals surface area contributed by atoms with Crippen LogP contribution < -0.4 is 49.5 Å². The first-order chi connectivity index (χ1) is 15.9. The van der Waals surface area contributed by atoms with Gasteiger partial charge in [0.2, 0.25) is 0 Å². The minimum absolute atomic E-state index is 0. The van der Waals surface area contributed by atoms with E-state index in [1.807, 2.05) is 30.3 Å². The van der Waals surface area contributed by atoms with Crippen LogP contribution in [0, 0.1) is 0 Å². The number of aliphatic carboxylic acids is 1. The number of carbonyl (C=O) groups is 2. The fourth-order valence-electron chi connectivity index (χ4n) is 3.61. The quantitative estimate of drug-likeness (QED) is 0.272. The number of rotatable bonds is 7. The topological polar surface area (TPSA) is 87.7 Å².